The highest BCUT2D eigenvalue weighted by molar-refractivity contribution is 5.94. The number of carbonyl (C=O) groups is 1. The van der Waals surface area contributed by atoms with Crippen LogP contribution < -0.4 is 0 Å². The van der Waals surface area contributed by atoms with Crippen LogP contribution in [0.3, 0.4) is 0 Å². The van der Waals surface area contributed by atoms with Crippen LogP contribution in [0.25, 0.3) is 6.08 Å². The van der Waals surface area contributed by atoms with Gasteiger partial charge in [0.15, 0.2) is 0 Å². The molecule has 1 aliphatic heterocycles. The quantitative estimate of drug-likeness (QED) is 0.593. The predicted octanol–water partition coefficient (Wildman–Crippen LogP) is 4.56. The third-order valence-electron chi connectivity index (χ3n) is 5.39. The van der Waals surface area contributed by atoms with Gasteiger partial charge in [-0.25, -0.2) is 0 Å². The Morgan fingerprint density at radius 1 is 0.742 bits per heavy atom. The molecule has 3 nitrogen and oxygen atoms in total. The molecule has 0 saturated carbocycles. The molecule has 3 aromatic rings. The highest BCUT2D eigenvalue weighted by Gasteiger charge is 2.21. The molecule has 3 aromatic carbocycles. The van der Waals surface area contributed by atoms with E-state index in [2.05, 4.69) is 41.0 Å². The fourth-order valence-corrected chi connectivity index (χ4v) is 3.58. The van der Waals surface area contributed by atoms with Crippen molar-refractivity contribution in [2.24, 2.45) is 0 Å². The van der Waals surface area contributed by atoms with Gasteiger partial charge in [-0.3, -0.25) is 9.69 Å². The van der Waals surface area contributed by atoms with Crippen LogP contribution in [0.2, 0.25) is 0 Å². The smallest absolute Gasteiger partial charge is 0.253 e. The Bertz CT molecular complexity index is 1070. The molecule has 0 aliphatic carbocycles. The van der Waals surface area contributed by atoms with Crippen molar-refractivity contribution in [3.63, 3.8) is 0 Å². The standard InChI is InChI=1S/C28H26N2O/c31-28(27-17-15-26(16-18-27)14-13-25-10-5-2-6-11-25)30-22-20-29(21-23-30)19-7-12-24-8-3-1-4-9-24/h1-12,15-18H,19-23H2/b12-7+. The first-order valence-corrected chi connectivity index (χ1v) is 10.7. The van der Waals surface area contributed by atoms with Crippen LogP contribution in [0, 0.1) is 11.8 Å². The van der Waals surface area contributed by atoms with Gasteiger partial charge in [0.25, 0.3) is 5.91 Å². The van der Waals surface area contributed by atoms with Crippen molar-refractivity contribution in [2.75, 3.05) is 32.7 Å². The molecule has 1 heterocycles. The summed E-state index contributed by atoms with van der Waals surface area (Å²) in [5, 5.41) is 0. The second-order valence-electron chi connectivity index (χ2n) is 7.60. The molecule has 0 aromatic heterocycles. The van der Waals surface area contributed by atoms with Gasteiger partial charge in [0.05, 0.1) is 0 Å². The molecule has 154 valence electrons. The summed E-state index contributed by atoms with van der Waals surface area (Å²) in [7, 11) is 0. The van der Waals surface area contributed by atoms with E-state index in [0.717, 1.165) is 49.4 Å². The summed E-state index contributed by atoms with van der Waals surface area (Å²) in [5.74, 6) is 6.40. The van der Waals surface area contributed by atoms with Crippen molar-refractivity contribution in [3.8, 4) is 11.8 Å². The SMILES string of the molecule is O=C(c1ccc(C#Cc2ccccc2)cc1)N1CCN(C/C=C/c2ccccc2)CC1. The summed E-state index contributed by atoms with van der Waals surface area (Å²) in [6, 6.07) is 27.8. The van der Waals surface area contributed by atoms with Gasteiger partial charge >= 0.3 is 0 Å². The normalized spacial score (nSPS) is 14.3. The van der Waals surface area contributed by atoms with Gasteiger partial charge in [0.2, 0.25) is 0 Å². The lowest BCUT2D eigenvalue weighted by Gasteiger charge is -2.34. The summed E-state index contributed by atoms with van der Waals surface area (Å²) in [6.07, 6.45) is 4.35. The fourth-order valence-electron chi connectivity index (χ4n) is 3.58. The van der Waals surface area contributed by atoms with Crippen LogP contribution in [0.4, 0.5) is 0 Å². The Morgan fingerprint density at radius 2 is 1.32 bits per heavy atom. The van der Waals surface area contributed by atoms with E-state index < -0.39 is 0 Å². The summed E-state index contributed by atoms with van der Waals surface area (Å²) in [4.78, 5) is 17.2. The number of hydrogen-bond donors (Lipinski definition) is 0. The van der Waals surface area contributed by atoms with E-state index in [1.54, 1.807) is 0 Å². The molecule has 0 radical (unpaired) electrons. The van der Waals surface area contributed by atoms with Crippen molar-refractivity contribution < 1.29 is 4.79 Å². The lowest BCUT2D eigenvalue weighted by Crippen LogP contribution is -2.48. The molecule has 31 heavy (non-hydrogen) atoms. The third-order valence-corrected chi connectivity index (χ3v) is 5.39. The number of piperazine rings is 1. The Labute approximate surface area is 184 Å². The molecule has 3 heteroatoms. The van der Waals surface area contributed by atoms with E-state index >= 15 is 0 Å². The van der Waals surface area contributed by atoms with E-state index in [4.69, 9.17) is 0 Å². The molecule has 0 spiro atoms. The van der Waals surface area contributed by atoms with Crippen LogP contribution in [0.5, 0.6) is 0 Å². The first-order chi connectivity index (χ1) is 15.3. The zero-order valence-electron chi connectivity index (χ0n) is 17.6. The van der Waals surface area contributed by atoms with Crippen molar-refractivity contribution in [1.82, 2.24) is 9.80 Å². The van der Waals surface area contributed by atoms with E-state index in [-0.39, 0.29) is 5.91 Å². The first-order valence-electron chi connectivity index (χ1n) is 10.7. The van der Waals surface area contributed by atoms with E-state index in [1.165, 1.54) is 5.56 Å². The molecule has 1 amide bonds. The Kier molecular flexibility index (Phi) is 6.95. The lowest BCUT2D eigenvalue weighted by atomic mass is 10.1. The number of nitrogens with zero attached hydrogens (tertiary/aromatic N) is 2. The van der Waals surface area contributed by atoms with Crippen LogP contribution in [-0.4, -0.2) is 48.4 Å². The van der Waals surface area contributed by atoms with Gasteiger partial charge in [-0.1, -0.05) is 72.5 Å². The minimum atomic E-state index is 0.0991. The zero-order chi connectivity index (χ0) is 21.3. The molecular formula is C28H26N2O. The Morgan fingerprint density at radius 3 is 1.97 bits per heavy atom. The minimum Gasteiger partial charge on any atom is -0.336 e. The molecule has 1 saturated heterocycles. The van der Waals surface area contributed by atoms with Gasteiger partial charge in [-0.15, -0.1) is 0 Å². The van der Waals surface area contributed by atoms with Crippen LogP contribution in [-0.2, 0) is 0 Å². The molecule has 0 N–H and O–H groups in total. The van der Waals surface area contributed by atoms with Crippen molar-refractivity contribution in [1.29, 1.82) is 0 Å². The van der Waals surface area contributed by atoms with Crippen molar-refractivity contribution in [3.05, 3.63) is 113 Å². The number of benzene rings is 3. The Balaban J connectivity index is 1.27. The third kappa shape index (κ3) is 5.94. The summed E-state index contributed by atoms with van der Waals surface area (Å²) >= 11 is 0. The molecule has 0 bridgehead atoms. The minimum absolute atomic E-state index is 0.0991. The van der Waals surface area contributed by atoms with E-state index in [1.807, 2.05) is 77.7 Å². The second kappa shape index (κ2) is 10.4. The maximum absolute atomic E-state index is 12.9. The number of hydrogen-bond acceptors (Lipinski definition) is 2. The summed E-state index contributed by atoms with van der Waals surface area (Å²) < 4.78 is 0. The highest BCUT2D eigenvalue weighted by Crippen LogP contribution is 2.11. The molecule has 1 fully saturated rings. The first kappa shape index (κ1) is 20.7. The average molecular weight is 407 g/mol. The van der Waals surface area contributed by atoms with Crippen LogP contribution in [0.15, 0.2) is 91.0 Å². The molecule has 0 atom stereocenters. The molecular weight excluding hydrogens is 380 g/mol. The molecule has 4 rings (SSSR count). The van der Waals surface area contributed by atoms with Crippen LogP contribution in [0.1, 0.15) is 27.0 Å². The maximum atomic E-state index is 12.9. The average Bonchev–Trinajstić information content (AvgIpc) is 2.84. The van der Waals surface area contributed by atoms with E-state index in [0.29, 0.717) is 0 Å². The van der Waals surface area contributed by atoms with Gasteiger partial charge < -0.3 is 4.90 Å². The second-order valence-corrected chi connectivity index (χ2v) is 7.60. The molecule has 1 aliphatic rings. The van der Waals surface area contributed by atoms with Gasteiger partial charge in [-0.05, 0) is 42.0 Å². The lowest BCUT2D eigenvalue weighted by molar-refractivity contribution is 0.0650. The van der Waals surface area contributed by atoms with Gasteiger partial charge in [-0.2, -0.15) is 0 Å². The topological polar surface area (TPSA) is 23.6 Å². The number of rotatable bonds is 4. The monoisotopic (exact) mass is 406 g/mol. The summed E-state index contributed by atoms with van der Waals surface area (Å²) in [6.45, 7) is 4.21. The number of carbonyl (C=O) groups excluding carboxylic acids is 1. The van der Waals surface area contributed by atoms with Crippen LogP contribution >= 0.6 is 0 Å². The van der Waals surface area contributed by atoms with Crippen molar-refractivity contribution in [2.45, 2.75) is 0 Å². The largest absolute Gasteiger partial charge is 0.336 e. The highest BCUT2D eigenvalue weighted by atomic mass is 16.2. The fraction of sp³-hybridized carbons (Fsp3) is 0.179. The Hall–Kier alpha value is -3.61. The molecule has 0 unspecified atom stereocenters. The van der Waals surface area contributed by atoms with Crippen molar-refractivity contribution >= 4 is 12.0 Å². The summed E-state index contributed by atoms with van der Waals surface area (Å²) in [5.41, 5.74) is 3.84. The van der Waals surface area contributed by atoms with Gasteiger partial charge in [0.1, 0.15) is 0 Å². The van der Waals surface area contributed by atoms with Gasteiger partial charge in [0, 0.05) is 49.4 Å². The predicted molar refractivity (Wildman–Crippen MR) is 127 cm³/mol. The maximum Gasteiger partial charge on any atom is 0.253 e. The zero-order valence-corrected chi connectivity index (χ0v) is 17.6. The van der Waals surface area contributed by atoms with E-state index in [9.17, 15) is 4.79 Å². The number of amides is 1.